The molecule has 0 N–H and O–H groups in total. The van der Waals surface area contributed by atoms with Gasteiger partial charge in [-0.1, -0.05) is 12.8 Å². The molecule has 0 saturated carbocycles. The van der Waals surface area contributed by atoms with Crippen LogP contribution in [0.25, 0.3) is 22.1 Å². The molecule has 1 aliphatic heterocycles. The summed E-state index contributed by atoms with van der Waals surface area (Å²) in [5.74, 6) is 0. The highest BCUT2D eigenvalue weighted by Crippen LogP contribution is 2.31. The van der Waals surface area contributed by atoms with E-state index in [2.05, 4.69) is 25.5 Å². The Morgan fingerprint density at radius 1 is 0.789 bits per heavy atom. The third-order valence-electron chi connectivity index (χ3n) is 3.69. The van der Waals surface area contributed by atoms with Crippen molar-refractivity contribution in [1.82, 2.24) is 20.6 Å². The average molecular weight is 259 g/mol. The normalized spacial score (nSPS) is 17.2. The Kier molecular flexibility index (Phi) is 2.36. The van der Waals surface area contributed by atoms with Crippen molar-refractivity contribution in [1.29, 1.82) is 0 Å². The van der Waals surface area contributed by atoms with Crippen LogP contribution in [0.5, 0.6) is 0 Å². The van der Waals surface area contributed by atoms with Crippen molar-refractivity contribution in [2.75, 3.05) is 18.0 Å². The van der Waals surface area contributed by atoms with E-state index in [1.54, 1.807) is 0 Å². The van der Waals surface area contributed by atoms with Gasteiger partial charge in [0.05, 0.1) is 5.69 Å². The third-order valence-corrected chi connectivity index (χ3v) is 3.69. The molecular weight excluding hydrogens is 246 g/mol. The molecule has 2 aromatic heterocycles. The SMILES string of the molecule is c1c(N2CCCCCC2)c2nonc2c2nonc12. The Hall–Kier alpha value is -2.18. The van der Waals surface area contributed by atoms with Gasteiger partial charge in [0.15, 0.2) is 16.6 Å². The van der Waals surface area contributed by atoms with Crippen LogP contribution in [-0.4, -0.2) is 33.7 Å². The summed E-state index contributed by atoms with van der Waals surface area (Å²) in [5, 5.41) is 15.7. The Morgan fingerprint density at radius 2 is 1.47 bits per heavy atom. The predicted octanol–water partition coefficient (Wildman–Crippen LogP) is 2.14. The fraction of sp³-hybridized carbons (Fsp3) is 0.500. The lowest BCUT2D eigenvalue weighted by molar-refractivity contribution is 0.312. The molecule has 0 amide bonds. The Morgan fingerprint density at radius 3 is 2.32 bits per heavy atom. The third kappa shape index (κ3) is 1.65. The van der Waals surface area contributed by atoms with Crippen molar-refractivity contribution in [3.63, 3.8) is 0 Å². The molecule has 0 aliphatic carbocycles. The lowest BCUT2D eigenvalue weighted by Crippen LogP contribution is -2.24. The molecule has 0 radical (unpaired) electrons. The lowest BCUT2D eigenvalue weighted by Gasteiger charge is -2.22. The number of hydrogen-bond donors (Lipinski definition) is 0. The maximum absolute atomic E-state index is 4.87. The molecule has 1 saturated heterocycles. The second-order valence-corrected chi connectivity index (χ2v) is 4.89. The van der Waals surface area contributed by atoms with Gasteiger partial charge < -0.3 is 4.90 Å². The van der Waals surface area contributed by atoms with Gasteiger partial charge in [-0.25, -0.2) is 9.26 Å². The molecule has 3 heterocycles. The summed E-state index contributed by atoms with van der Waals surface area (Å²) in [6.07, 6.45) is 4.96. The maximum Gasteiger partial charge on any atom is 0.168 e. The molecule has 1 aliphatic rings. The Bertz CT molecular complexity index is 711. The van der Waals surface area contributed by atoms with E-state index < -0.39 is 0 Å². The zero-order valence-corrected chi connectivity index (χ0v) is 10.4. The van der Waals surface area contributed by atoms with Crippen LogP contribution in [0.2, 0.25) is 0 Å². The Labute approximate surface area is 108 Å². The largest absolute Gasteiger partial charge is 0.370 e. The molecule has 0 spiro atoms. The molecule has 4 rings (SSSR count). The van der Waals surface area contributed by atoms with Crippen molar-refractivity contribution < 1.29 is 9.26 Å². The van der Waals surface area contributed by atoms with Crippen LogP contribution >= 0.6 is 0 Å². The second-order valence-electron chi connectivity index (χ2n) is 4.89. The van der Waals surface area contributed by atoms with Gasteiger partial charge in [0.1, 0.15) is 5.52 Å². The van der Waals surface area contributed by atoms with E-state index in [1.807, 2.05) is 6.07 Å². The van der Waals surface area contributed by atoms with Crippen LogP contribution in [0, 0.1) is 0 Å². The smallest absolute Gasteiger partial charge is 0.168 e. The van der Waals surface area contributed by atoms with Gasteiger partial charge in [0.2, 0.25) is 0 Å². The van der Waals surface area contributed by atoms with Gasteiger partial charge in [-0.2, -0.15) is 0 Å². The molecule has 3 aromatic rings. The fourth-order valence-corrected chi connectivity index (χ4v) is 2.72. The first-order valence-electron chi connectivity index (χ1n) is 6.56. The first kappa shape index (κ1) is 10.7. The molecule has 0 unspecified atom stereocenters. The molecule has 1 aromatic carbocycles. The maximum atomic E-state index is 4.87. The number of aromatic nitrogens is 4. The number of hydrogen-bond acceptors (Lipinski definition) is 7. The van der Waals surface area contributed by atoms with E-state index in [1.165, 1.54) is 25.7 Å². The highest BCUT2D eigenvalue weighted by atomic mass is 16.6. The van der Waals surface area contributed by atoms with Crippen LogP contribution in [0.4, 0.5) is 5.69 Å². The van der Waals surface area contributed by atoms with Gasteiger partial charge in [-0.05, 0) is 39.5 Å². The fourth-order valence-electron chi connectivity index (χ4n) is 2.72. The van der Waals surface area contributed by atoms with Gasteiger partial charge in [0.25, 0.3) is 0 Å². The summed E-state index contributed by atoms with van der Waals surface area (Å²) in [7, 11) is 0. The molecule has 19 heavy (non-hydrogen) atoms. The quantitative estimate of drug-likeness (QED) is 0.662. The zero-order valence-electron chi connectivity index (χ0n) is 10.4. The van der Waals surface area contributed by atoms with Gasteiger partial charge >= 0.3 is 0 Å². The predicted molar refractivity (Wildman–Crippen MR) is 67.8 cm³/mol. The summed E-state index contributed by atoms with van der Waals surface area (Å²) in [4.78, 5) is 2.33. The number of benzene rings is 1. The standard InChI is InChI=1S/C12H13N5O2/c1-2-4-6-17(5-3-1)9-7-8-10(14-18-13-8)12-11(9)15-19-16-12/h7H,1-6H2. The average Bonchev–Trinajstić information content (AvgIpc) is 3.00. The molecule has 98 valence electrons. The summed E-state index contributed by atoms with van der Waals surface area (Å²) >= 11 is 0. The van der Waals surface area contributed by atoms with E-state index in [4.69, 9.17) is 9.26 Å². The minimum absolute atomic E-state index is 0.606. The lowest BCUT2D eigenvalue weighted by atomic mass is 10.2. The van der Waals surface area contributed by atoms with E-state index in [9.17, 15) is 0 Å². The topological polar surface area (TPSA) is 81.1 Å². The highest BCUT2D eigenvalue weighted by Gasteiger charge is 2.20. The van der Waals surface area contributed by atoms with Crippen LogP contribution < -0.4 is 4.90 Å². The first-order valence-corrected chi connectivity index (χ1v) is 6.56. The van der Waals surface area contributed by atoms with E-state index in [0.29, 0.717) is 16.6 Å². The minimum atomic E-state index is 0.606. The van der Waals surface area contributed by atoms with Crippen LogP contribution in [0.1, 0.15) is 25.7 Å². The minimum Gasteiger partial charge on any atom is -0.370 e. The molecule has 7 heteroatoms. The highest BCUT2D eigenvalue weighted by molar-refractivity contribution is 6.05. The van der Waals surface area contributed by atoms with Crippen LogP contribution in [0.3, 0.4) is 0 Å². The number of nitrogens with zero attached hydrogens (tertiary/aromatic N) is 5. The van der Waals surface area contributed by atoms with Crippen LogP contribution in [-0.2, 0) is 0 Å². The number of anilines is 1. The van der Waals surface area contributed by atoms with Crippen molar-refractivity contribution in [3.8, 4) is 0 Å². The number of fused-ring (bicyclic) bond motifs is 3. The summed E-state index contributed by atoms with van der Waals surface area (Å²) in [6, 6.07) is 1.96. The molecule has 1 fully saturated rings. The zero-order chi connectivity index (χ0) is 12.7. The first-order chi connectivity index (χ1) is 9.43. The van der Waals surface area contributed by atoms with Crippen LogP contribution in [0.15, 0.2) is 15.3 Å². The van der Waals surface area contributed by atoms with Gasteiger partial charge in [-0.15, -0.1) is 0 Å². The van der Waals surface area contributed by atoms with E-state index in [0.717, 1.165) is 24.3 Å². The van der Waals surface area contributed by atoms with Crippen molar-refractivity contribution in [2.45, 2.75) is 25.7 Å². The monoisotopic (exact) mass is 259 g/mol. The molecule has 0 bridgehead atoms. The van der Waals surface area contributed by atoms with E-state index >= 15 is 0 Å². The molecule has 0 atom stereocenters. The van der Waals surface area contributed by atoms with E-state index in [-0.39, 0.29) is 0 Å². The van der Waals surface area contributed by atoms with Crippen molar-refractivity contribution >= 4 is 27.8 Å². The molecule has 7 nitrogen and oxygen atoms in total. The number of rotatable bonds is 1. The summed E-state index contributed by atoms with van der Waals surface area (Å²) < 4.78 is 9.65. The Balaban J connectivity index is 1.92. The second kappa shape index (κ2) is 4.18. The molecular formula is C12H13N5O2. The summed E-state index contributed by atoms with van der Waals surface area (Å²) in [6.45, 7) is 2.05. The van der Waals surface area contributed by atoms with Crippen molar-refractivity contribution in [2.24, 2.45) is 0 Å². The summed E-state index contributed by atoms with van der Waals surface area (Å²) in [5.41, 5.74) is 3.68. The van der Waals surface area contributed by atoms with Gasteiger partial charge in [-0.3, -0.25) is 0 Å². The van der Waals surface area contributed by atoms with Crippen molar-refractivity contribution in [3.05, 3.63) is 6.07 Å². The van der Waals surface area contributed by atoms with Gasteiger partial charge in [0, 0.05) is 13.1 Å².